The lowest BCUT2D eigenvalue weighted by molar-refractivity contribution is -0.120. The average Bonchev–Trinajstić information content (AvgIpc) is 3.01. The first kappa shape index (κ1) is 23.8. The second kappa shape index (κ2) is 10.7. The summed E-state index contributed by atoms with van der Waals surface area (Å²) in [5.41, 5.74) is 3.71. The normalized spacial score (nSPS) is 12.9. The zero-order valence-electron chi connectivity index (χ0n) is 19.7. The molecule has 0 fully saturated rings. The van der Waals surface area contributed by atoms with E-state index in [0.717, 1.165) is 12.0 Å². The van der Waals surface area contributed by atoms with E-state index in [0.29, 0.717) is 22.9 Å². The Balaban J connectivity index is 1.58. The van der Waals surface area contributed by atoms with Gasteiger partial charge in [-0.25, -0.2) is 14.8 Å². The Kier molecular flexibility index (Phi) is 7.30. The largest absolute Gasteiger partial charge is 0.462 e. The average molecular weight is 471 g/mol. The highest BCUT2D eigenvalue weighted by atomic mass is 16.5. The van der Waals surface area contributed by atoms with Crippen LogP contribution in [-0.4, -0.2) is 41.6 Å². The highest BCUT2D eigenvalue weighted by molar-refractivity contribution is 6.18. The van der Waals surface area contributed by atoms with Gasteiger partial charge in [0.15, 0.2) is 5.82 Å². The number of ether oxygens (including phenoxy) is 1. The van der Waals surface area contributed by atoms with Gasteiger partial charge in [-0.05, 0) is 48.7 Å². The van der Waals surface area contributed by atoms with Crippen molar-refractivity contribution in [2.75, 3.05) is 23.4 Å². The summed E-state index contributed by atoms with van der Waals surface area (Å²) in [4.78, 5) is 48.9. The lowest BCUT2D eigenvalue weighted by atomic mass is 10.0. The third-order valence-electron chi connectivity index (χ3n) is 5.59. The monoisotopic (exact) mass is 470 g/mol. The number of para-hydroxylation sites is 1. The summed E-state index contributed by atoms with van der Waals surface area (Å²) in [6.45, 7) is 3.73. The maximum Gasteiger partial charge on any atom is 0.340 e. The highest BCUT2D eigenvalue weighted by Crippen LogP contribution is 2.31. The summed E-state index contributed by atoms with van der Waals surface area (Å²) < 4.78 is 5.07. The third kappa shape index (κ3) is 5.43. The Morgan fingerprint density at radius 1 is 1.03 bits per heavy atom. The number of aryl methyl sites for hydroxylation is 1. The number of hydrogen-bond donors (Lipinski definition) is 1. The molecule has 1 aromatic heterocycles. The highest BCUT2D eigenvalue weighted by Gasteiger charge is 2.28. The van der Waals surface area contributed by atoms with Crippen LogP contribution < -0.4 is 10.2 Å². The van der Waals surface area contributed by atoms with Crippen LogP contribution in [0.15, 0.2) is 71.9 Å². The van der Waals surface area contributed by atoms with E-state index in [1.165, 1.54) is 10.5 Å². The van der Waals surface area contributed by atoms with Crippen molar-refractivity contribution in [3.05, 3.63) is 83.6 Å². The zero-order valence-corrected chi connectivity index (χ0v) is 19.7. The first-order chi connectivity index (χ1) is 17.0. The van der Waals surface area contributed by atoms with Gasteiger partial charge in [-0.3, -0.25) is 14.5 Å². The Morgan fingerprint density at radius 3 is 2.54 bits per heavy atom. The van der Waals surface area contributed by atoms with Crippen LogP contribution >= 0.6 is 0 Å². The Hall–Kier alpha value is -4.33. The van der Waals surface area contributed by atoms with Crippen molar-refractivity contribution < 1.29 is 19.1 Å². The van der Waals surface area contributed by atoms with Gasteiger partial charge in [0.05, 0.1) is 30.0 Å². The minimum absolute atomic E-state index is 0.0223. The molecule has 0 bridgehead atoms. The van der Waals surface area contributed by atoms with E-state index in [4.69, 9.17) is 9.73 Å². The van der Waals surface area contributed by atoms with Crippen molar-refractivity contribution in [3.63, 3.8) is 0 Å². The molecule has 35 heavy (non-hydrogen) atoms. The van der Waals surface area contributed by atoms with Crippen molar-refractivity contribution in [1.29, 1.82) is 0 Å². The molecular formula is C27H26N4O4. The minimum atomic E-state index is -0.534. The van der Waals surface area contributed by atoms with Crippen LogP contribution in [0.3, 0.4) is 0 Å². The smallest absolute Gasteiger partial charge is 0.340 e. The molecule has 4 rings (SSSR count). The molecule has 2 heterocycles. The number of hydrogen-bond acceptors (Lipinski definition) is 6. The second-order valence-electron chi connectivity index (χ2n) is 7.93. The SMILES string of the molecule is CCOC(=O)c1ccccc1NC(=O)CN1C(=O)CC(c2ccc(CC)cc2)=Nc2cccnc21. The summed E-state index contributed by atoms with van der Waals surface area (Å²) in [6, 6.07) is 18.0. The molecule has 1 N–H and O–H groups in total. The summed E-state index contributed by atoms with van der Waals surface area (Å²) in [7, 11) is 0. The summed E-state index contributed by atoms with van der Waals surface area (Å²) in [5, 5.41) is 2.73. The first-order valence-corrected chi connectivity index (χ1v) is 11.5. The van der Waals surface area contributed by atoms with Gasteiger partial charge in [-0.2, -0.15) is 0 Å². The van der Waals surface area contributed by atoms with Gasteiger partial charge in [0.25, 0.3) is 0 Å². The molecule has 0 saturated heterocycles. The molecule has 0 atom stereocenters. The van der Waals surface area contributed by atoms with Crippen molar-refractivity contribution in [3.8, 4) is 0 Å². The zero-order chi connectivity index (χ0) is 24.8. The number of fused-ring (bicyclic) bond motifs is 1. The van der Waals surface area contributed by atoms with Gasteiger partial charge in [0, 0.05) is 6.20 Å². The molecule has 0 radical (unpaired) electrons. The van der Waals surface area contributed by atoms with E-state index in [1.807, 2.05) is 24.3 Å². The lowest BCUT2D eigenvalue weighted by Crippen LogP contribution is -2.39. The van der Waals surface area contributed by atoms with E-state index in [1.54, 1.807) is 49.5 Å². The predicted octanol–water partition coefficient (Wildman–Crippen LogP) is 4.32. The Bertz CT molecular complexity index is 1280. The summed E-state index contributed by atoms with van der Waals surface area (Å²) in [6.07, 6.45) is 2.50. The van der Waals surface area contributed by atoms with Crippen molar-refractivity contribution in [2.24, 2.45) is 4.99 Å². The van der Waals surface area contributed by atoms with Gasteiger partial charge in [0.2, 0.25) is 11.8 Å². The molecule has 8 nitrogen and oxygen atoms in total. The Morgan fingerprint density at radius 2 is 1.80 bits per heavy atom. The molecule has 3 aromatic rings. The fourth-order valence-electron chi connectivity index (χ4n) is 3.80. The van der Waals surface area contributed by atoms with Gasteiger partial charge in [-0.15, -0.1) is 0 Å². The molecule has 0 saturated carbocycles. The van der Waals surface area contributed by atoms with Crippen LogP contribution in [0.1, 0.15) is 41.8 Å². The van der Waals surface area contributed by atoms with E-state index in [-0.39, 0.29) is 31.0 Å². The van der Waals surface area contributed by atoms with Gasteiger partial charge in [-0.1, -0.05) is 43.3 Å². The van der Waals surface area contributed by atoms with Crippen molar-refractivity contribution >= 4 is 40.7 Å². The number of benzene rings is 2. The number of nitrogens with zero attached hydrogens (tertiary/aromatic N) is 3. The van der Waals surface area contributed by atoms with E-state index in [9.17, 15) is 14.4 Å². The molecule has 0 spiro atoms. The predicted molar refractivity (Wildman–Crippen MR) is 134 cm³/mol. The standard InChI is InChI=1S/C27H26N4O4/c1-3-18-11-13-19(14-12-18)23-16-25(33)31(26-22(29-23)10-7-15-28-26)17-24(32)30-21-9-6-5-8-20(21)27(34)35-4-2/h5-15H,3-4,16-17H2,1-2H3,(H,30,32). The molecule has 2 aromatic carbocycles. The van der Waals surface area contributed by atoms with E-state index >= 15 is 0 Å². The van der Waals surface area contributed by atoms with Crippen LogP contribution in [0.2, 0.25) is 0 Å². The number of pyridine rings is 1. The molecule has 0 aliphatic carbocycles. The molecule has 0 unspecified atom stereocenters. The Labute approximate surface area is 203 Å². The van der Waals surface area contributed by atoms with Crippen molar-refractivity contribution in [2.45, 2.75) is 26.7 Å². The summed E-state index contributed by atoms with van der Waals surface area (Å²) >= 11 is 0. The summed E-state index contributed by atoms with van der Waals surface area (Å²) in [5.74, 6) is -0.989. The fraction of sp³-hybridized carbons (Fsp3) is 0.222. The number of nitrogens with one attached hydrogen (secondary N) is 1. The van der Waals surface area contributed by atoms with Gasteiger partial charge >= 0.3 is 5.97 Å². The van der Waals surface area contributed by atoms with Crippen LogP contribution in [0, 0.1) is 0 Å². The number of aliphatic imine (C=N–C) groups is 1. The van der Waals surface area contributed by atoms with Crippen LogP contribution in [0.5, 0.6) is 0 Å². The molecule has 1 aliphatic rings. The molecular weight excluding hydrogens is 444 g/mol. The number of esters is 1. The van der Waals surface area contributed by atoms with Crippen LogP contribution in [-0.2, 0) is 20.7 Å². The topological polar surface area (TPSA) is 101 Å². The lowest BCUT2D eigenvalue weighted by Gasteiger charge is -2.21. The number of carbonyl (C=O) groups excluding carboxylic acids is 3. The second-order valence-corrected chi connectivity index (χ2v) is 7.93. The molecule has 178 valence electrons. The van der Waals surface area contributed by atoms with Gasteiger partial charge in [0.1, 0.15) is 12.2 Å². The maximum atomic E-state index is 13.3. The molecule has 8 heteroatoms. The van der Waals surface area contributed by atoms with Crippen LogP contribution in [0.25, 0.3) is 0 Å². The third-order valence-corrected chi connectivity index (χ3v) is 5.59. The number of anilines is 2. The van der Waals surface area contributed by atoms with E-state index < -0.39 is 11.9 Å². The van der Waals surface area contributed by atoms with E-state index in [2.05, 4.69) is 17.2 Å². The first-order valence-electron chi connectivity index (χ1n) is 11.5. The maximum absolute atomic E-state index is 13.3. The fourth-order valence-corrected chi connectivity index (χ4v) is 3.80. The minimum Gasteiger partial charge on any atom is -0.462 e. The van der Waals surface area contributed by atoms with Crippen molar-refractivity contribution in [1.82, 2.24) is 4.98 Å². The number of amides is 2. The molecule has 2 amide bonds. The number of aromatic nitrogens is 1. The number of rotatable bonds is 7. The molecule has 1 aliphatic heterocycles. The number of carbonyl (C=O) groups is 3. The van der Waals surface area contributed by atoms with Crippen LogP contribution in [0.4, 0.5) is 17.2 Å². The van der Waals surface area contributed by atoms with Gasteiger partial charge < -0.3 is 10.1 Å². The quantitative estimate of drug-likeness (QED) is 0.519.